The zero-order chi connectivity index (χ0) is 20.2. The second-order valence-electron chi connectivity index (χ2n) is 6.60. The van der Waals surface area contributed by atoms with Crippen molar-refractivity contribution in [1.29, 1.82) is 0 Å². The van der Waals surface area contributed by atoms with E-state index in [1.54, 1.807) is 6.07 Å². The minimum absolute atomic E-state index is 0.0264. The number of carbonyl (C=O) groups is 2. The number of carbonyl (C=O) groups excluding carboxylic acids is 2. The van der Waals surface area contributed by atoms with Crippen LogP contribution in [0, 0.1) is 0 Å². The number of fused-ring (bicyclic) bond motifs is 1. The van der Waals surface area contributed by atoms with Crippen molar-refractivity contribution in [2.75, 3.05) is 11.9 Å². The largest absolute Gasteiger partial charge is 0.411 e. The molecule has 3 aromatic rings. The number of aromatic nitrogens is 3. The Labute approximate surface area is 165 Å². The molecule has 1 aliphatic heterocycles. The number of pyridine rings is 1. The van der Waals surface area contributed by atoms with Gasteiger partial charge in [0.15, 0.2) is 0 Å². The molecule has 0 spiro atoms. The molecule has 10 nitrogen and oxygen atoms in total. The highest BCUT2D eigenvalue weighted by molar-refractivity contribution is 5.92. The zero-order valence-electron chi connectivity index (χ0n) is 15.4. The van der Waals surface area contributed by atoms with E-state index in [-0.39, 0.29) is 18.0 Å². The van der Waals surface area contributed by atoms with Crippen LogP contribution >= 0.6 is 0 Å². The fraction of sp³-hybridized carbons (Fsp3) is 0.263. The summed E-state index contributed by atoms with van der Waals surface area (Å²) in [5, 5.41) is 12.7. The highest BCUT2D eigenvalue weighted by atomic mass is 16.6. The van der Waals surface area contributed by atoms with Crippen LogP contribution in [0.3, 0.4) is 0 Å². The molecule has 0 saturated carbocycles. The monoisotopic (exact) mass is 396 g/mol. The lowest BCUT2D eigenvalue weighted by atomic mass is 9.99. The van der Waals surface area contributed by atoms with Crippen LogP contribution in [0.5, 0.6) is 5.88 Å². The minimum Gasteiger partial charge on any atom is -0.389 e. The summed E-state index contributed by atoms with van der Waals surface area (Å²) in [6.07, 6.45) is 2.22. The number of amides is 3. The van der Waals surface area contributed by atoms with Crippen LogP contribution in [-0.2, 0) is 4.74 Å². The number of hydrogen-bond acceptors (Lipinski definition) is 6. The van der Waals surface area contributed by atoms with Gasteiger partial charge in [0.2, 0.25) is 0 Å². The van der Waals surface area contributed by atoms with Crippen molar-refractivity contribution in [1.82, 2.24) is 20.5 Å². The first-order chi connectivity index (χ1) is 14.1. The Morgan fingerprint density at radius 1 is 1.31 bits per heavy atom. The second-order valence-corrected chi connectivity index (χ2v) is 6.60. The predicted molar refractivity (Wildman–Crippen MR) is 104 cm³/mol. The molecule has 0 bridgehead atoms. The fourth-order valence-corrected chi connectivity index (χ4v) is 3.34. The Morgan fingerprint density at radius 3 is 2.86 bits per heavy atom. The lowest BCUT2D eigenvalue weighted by Crippen LogP contribution is -2.38. The normalized spacial score (nSPS) is 17.0. The van der Waals surface area contributed by atoms with E-state index in [0.717, 1.165) is 18.4 Å². The van der Waals surface area contributed by atoms with Crippen molar-refractivity contribution < 1.29 is 19.1 Å². The van der Waals surface area contributed by atoms with Crippen molar-refractivity contribution in [2.24, 2.45) is 5.73 Å². The number of rotatable bonds is 5. The van der Waals surface area contributed by atoms with Gasteiger partial charge in [-0.1, -0.05) is 30.3 Å². The molecule has 2 aromatic heterocycles. The van der Waals surface area contributed by atoms with Crippen molar-refractivity contribution >= 4 is 28.8 Å². The molecular weight excluding hydrogens is 376 g/mol. The molecule has 150 valence electrons. The van der Waals surface area contributed by atoms with Gasteiger partial charge in [0.1, 0.15) is 5.82 Å². The maximum atomic E-state index is 12.6. The first-order valence-electron chi connectivity index (χ1n) is 9.15. The smallest absolute Gasteiger partial charge is 0.389 e. The van der Waals surface area contributed by atoms with Crippen molar-refractivity contribution in [2.45, 2.75) is 25.0 Å². The van der Waals surface area contributed by atoms with Crippen molar-refractivity contribution in [3.63, 3.8) is 0 Å². The molecule has 0 aliphatic carbocycles. The van der Waals surface area contributed by atoms with Gasteiger partial charge >= 0.3 is 12.1 Å². The Kier molecular flexibility index (Phi) is 5.25. The van der Waals surface area contributed by atoms with Gasteiger partial charge in [-0.3, -0.25) is 10.4 Å². The molecule has 1 aliphatic rings. The van der Waals surface area contributed by atoms with E-state index in [2.05, 4.69) is 25.8 Å². The third kappa shape index (κ3) is 4.27. The summed E-state index contributed by atoms with van der Waals surface area (Å²) in [7, 11) is 0. The van der Waals surface area contributed by atoms with Gasteiger partial charge in [-0.2, -0.15) is 0 Å². The summed E-state index contributed by atoms with van der Waals surface area (Å²) in [4.78, 5) is 27.7. The first-order valence-corrected chi connectivity index (χ1v) is 9.15. The third-order valence-corrected chi connectivity index (χ3v) is 4.63. The van der Waals surface area contributed by atoms with Crippen LogP contribution in [0.1, 0.15) is 24.4 Å². The van der Waals surface area contributed by atoms with Gasteiger partial charge in [0.05, 0.1) is 23.0 Å². The molecule has 1 saturated heterocycles. The molecule has 1 fully saturated rings. The highest BCUT2D eigenvalue weighted by Gasteiger charge is 2.28. The number of aromatic amines is 1. The summed E-state index contributed by atoms with van der Waals surface area (Å²) in [6, 6.07) is 10.6. The Bertz CT molecular complexity index is 1020. The number of primary amides is 1. The Hall–Kier alpha value is -3.66. The summed E-state index contributed by atoms with van der Waals surface area (Å²) < 4.78 is 10.6. The average Bonchev–Trinajstić information content (AvgIpc) is 3.37. The number of ether oxygens (including phenoxy) is 2. The number of anilines is 1. The standard InChI is InChI=1S/C19H20N6O4/c20-18(26)29-17-12-10-21-15(9-13(12)24-25-17)22-19(27)23-16(14-7-4-8-28-14)11-5-2-1-3-6-11/h1-3,5-6,9-10,14,16H,4,7-8H2,(H2,20,26)(H,24,25)(H2,21,22,23,27)/t14-,16+/m1/s1. The van der Waals surface area contributed by atoms with E-state index in [4.69, 9.17) is 15.2 Å². The molecule has 3 heterocycles. The van der Waals surface area contributed by atoms with E-state index < -0.39 is 12.1 Å². The van der Waals surface area contributed by atoms with Crippen LogP contribution in [0.4, 0.5) is 15.4 Å². The van der Waals surface area contributed by atoms with Gasteiger partial charge in [-0.25, -0.2) is 14.6 Å². The predicted octanol–water partition coefficient (Wildman–Crippen LogP) is 2.46. The zero-order valence-corrected chi connectivity index (χ0v) is 15.4. The first kappa shape index (κ1) is 18.7. The Morgan fingerprint density at radius 2 is 2.14 bits per heavy atom. The van der Waals surface area contributed by atoms with Crippen molar-refractivity contribution in [3.8, 4) is 5.88 Å². The molecule has 0 radical (unpaired) electrons. The second kappa shape index (κ2) is 8.15. The lowest BCUT2D eigenvalue weighted by molar-refractivity contribution is 0.0815. The van der Waals surface area contributed by atoms with Crippen LogP contribution in [0.2, 0.25) is 0 Å². The van der Waals surface area contributed by atoms with Crippen LogP contribution < -0.4 is 21.1 Å². The topological polar surface area (TPSA) is 144 Å². The van der Waals surface area contributed by atoms with Crippen LogP contribution in [-0.4, -0.2) is 40.0 Å². The molecule has 29 heavy (non-hydrogen) atoms. The van der Waals surface area contributed by atoms with Gasteiger partial charge < -0.3 is 20.5 Å². The number of H-pyrrole nitrogens is 1. The lowest BCUT2D eigenvalue weighted by Gasteiger charge is -2.24. The number of nitrogens with two attached hydrogens (primary N) is 1. The van der Waals surface area contributed by atoms with Gasteiger partial charge in [-0.05, 0) is 18.4 Å². The average molecular weight is 396 g/mol. The molecule has 3 amide bonds. The molecule has 2 atom stereocenters. The maximum absolute atomic E-state index is 12.6. The van der Waals surface area contributed by atoms with E-state index in [1.807, 2.05) is 30.3 Å². The molecule has 4 rings (SSSR count). The number of urea groups is 1. The molecule has 5 N–H and O–H groups in total. The van der Waals surface area contributed by atoms with Crippen molar-refractivity contribution in [3.05, 3.63) is 48.2 Å². The number of benzene rings is 1. The summed E-state index contributed by atoms with van der Waals surface area (Å²) in [5.41, 5.74) is 6.51. The highest BCUT2D eigenvalue weighted by Crippen LogP contribution is 2.27. The van der Waals surface area contributed by atoms with E-state index in [9.17, 15) is 9.59 Å². The van der Waals surface area contributed by atoms with Gasteiger partial charge in [0, 0.05) is 18.9 Å². The number of nitrogens with one attached hydrogen (secondary N) is 3. The van der Waals surface area contributed by atoms with Crippen LogP contribution in [0.15, 0.2) is 42.6 Å². The number of nitrogens with zero attached hydrogens (tertiary/aromatic N) is 2. The van der Waals surface area contributed by atoms with Gasteiger partial charge in [0.25, 0.3) is 5.88 Å². The Balaban J connectivity index is 1.48. The summed E-state index contributed by atoms with van der Waals surface area (Å²) in [6.45, 7) is 0.686. The van der Waals surface area contributed by atoms with Crippen LogP contribution in [0.25, 0.3) is 10.9 Å². The molecule has 10 heteroatoms. The van der Waals surface area contributed by atoms with E-state index in [0.29, 0.717) is 23.3 Å². The fourth-order valence-electron chi connectivity index (χ4n) is 3.34. The minimum atomic E-state index is -0.971. The third-order valence-electron chi connectivity index (χ3n) is 4.63. The van der Waals surface area contributed by atoms with E-state index >= 15 is 0 Å². The molecule has 1 aromatic carbocycles. The molecule has 0 unspecified atom stereocenters. The SMILES string of the molecule is NC(=O)Oc1n[nH]c2cc(NC(=O)N[C@@H](c3ccccc3)[C@H]3CCCO3)ncc12. The summed E-state index contributed by atoms with van der Waals surface area (Å²) in [5.74, 6) is 0.335. The molecular formula is C19H20N6O4. The quantitative estimate of drug-likeness (QED) is 0.521. The number of hydrogen-bond donors (Lipinski definition) is 4. The maximum Gasteiger partial charge on any atom is 0.411 e. The van der Waals surface area contributed by atoms with Gasteiger partial charge in [-0.15, -0.1) is 5.10 Å². The van der Waals surface area contributed by atoms with E-state index in [1.165, 1.54) is 6.20 Å². The summed E-state index contributed by atoms with van der Waals surface area (Å²) >= 11 is 0.